The first kappa shape index (κ1) is 23.2. The van der Waals surface area contributed by atoms with Crippen molar-refractivity contribution in [2.45, 2.75) is 19.4 Å². The number of methoxy groups -OCH3 is 2. The van der Waals surface area contributed by atoms with E-state index in [4.69, 9.17) is 9.47 Å². The van der Waals surface area contributed by atoms with Gasteiger partial charge in [0, 0.05) is 20.2 Å². The molecule has 0 amide bonds. The lowest BCUT2D eigenvalue weighted by Crippen LogP contribution is -2.38. The number of hydrogen-bond acceptors (Lipinski definition) is 3. The second kappa shape index (κ2) is 13.4. The van der Waals surface area contributed by atoms with Gasteiger partial charge in [-0.25, -0.2) is 0 Å². The third-order valence-corrected chi connectivity index (χ3v) is 4.09. The molecule has 0 bridgehead atoms. The van der Waals surface area contributed by atoms with E-state index in [2.05, 4.69) is 40.7 Å². The van der Waals surface area contributed by atoms with Crippen LogP contribution in [0.3, 0.4) is 0 Å². The van der Waals surface area contributed by atoms with Crippen LogP contribution in [0.5, 0.6) is 5.75 Å². The van der Waals surface area contributed by atoms with E-state index in [0.29, 0.717) is 6.54 Å². The van der Waals surface area contributed by atoms with Crippen LogP contribution < -0.4 is 15.4 Å². The van der Waals surface area contributed by atoms with Crippen LogP contribution in [-0.2, 0) is 11.2 Å². The van der Waals surface area contributed by atoms with Gasteiger partial charge >= 0.3 is 0 Å². The average Bonchev–Trinajstić information content (AvgIpc) is 2.69. The van der Waals surface area contributed by atoms with Crippen LogP contribution in [0.15, 0.2) is 59.6 Å². The number of rotatable bonds is 9. The van der Waals surface area contributed by atoms with Crippen molar-refractivity contribution in [1.82, 2.24) is 10.6 Å². The Morgan fingerprint density at radius 3 is 2.37 bits per heavy atom. The molecule has 0 aliphatic rings. The van der Waals surface area contributed by atoms with Gasteiger partial charge in [-0.3, -0.25) is 4.99 Å². The molecule has 0 aliphatic heterocycles. The zero-order chi connectivity index (χ0) is 18.6. The van der Waals surface area contributed by atoms with Crippen molar-refractivity contribution >= 4 is 29.9 Å². The molecule has 2 rings (SSSR count). The summed E-state index contributed by atoms with van der Waals surface area (Å²) in [5, 5.41) is 6.66. The van der Waals surface area contributed by atoms with E-state index in [0.717, 1.165) is 36.8 Å². The minimum absolute atomic E-state index is 0. The molecule has 1 unspecified atom stereocenters. The Morgan fingerprint density at radius 2 is 1.70 bits per heavy atom. The number of benzene rings is 2. The van der Waals surface area contributed by atoms with E-state index in [1.165, 1.54) is 5.56 Å². The molecule has 0 radical (unpaired) electrons. The van der Waals surface area contributed by atoms with Crippen molar-refractivity contribution < 1.29 is 9.47 Å². The predicted octanol–water partition coefficient (Wildman–Crippen LogP) is 3.80. The molecule has 0 spiro atoms. The lowest BCUT2D eigenvalue weighted by Gasteiger charge is -2.16. The van der Waals surface area contributed by atoms with Crippen LogP contribution in [0.25, 0.3) is 0 Å². The fourth-order valence-corrected chi connectivity index (χ4v) is 2.72. The number of ether oxygens (including phenoxy) is 2. The molecule has 0 heterocycles. The molecular weight excluding hydrogens is 453 g/mol. The summed E-state index contributed by atoms with van der Waals surface area (Å²) >= 11 is 0. The molecule has 0 saturated heterocycles. The number of aliphatic imine (C=N–C) groups is 1. The Hall–Kier alpha value is -1.80. The number of nitrogens with one attached hydrogen (secondary N) is 2. The first-order chi connectivity index (χ1) is 12.8. The maximum Gasteiger partial charge on any atom is 0.191 e. The molecular formula is C21H30IN3O2. The van der Waals surface area contributed by atoms with Gasteiger partial charge in [-0.1, -0.05) is 48.5 Å². The third kappa shape index (κ3) is 7.76. The fourth-order valence-electron chi connectivity index (χ4n) is 2.72. The molecule has 5 nitrogen and oxygen atoms in total. The van der Waals surface area contributed by atoms with Crippen LogP contribution in [0.4, 0.5) is 0 Å². The Kier molecular flexibility index (Phi) is 11.5. The Labute approximate surface area is 179 Å². The zero-order valence-electron chi connectivity index (χ0n) is 16.3. The summed E-state index contributed by atoms with van der Waals surface area (Å²) in [5.41, 5.74) is 2.31. The highest BCUT2D eigenvalue weighted by Crippen LogP contribution is 2.17. The lowest BCUT2D eigenvalue weighted by molar-refractivity contribution is 0.111. The Morgan fingerprint density at radius 1 is 1.00 bits per heavy atom. The minimum atomic E-state index is -0.0547. The Bertz CT molecular complexity index is 680. The first-order valence-corrected chi connectivity index (χ1v) is 9.00. The molecule has 27 heavy (non-hydrogen) atoms. The van der Waals surface area contributed by atoms with Crippen LogP contribution in [0, 0.1) is 0 Å². The van der Waals surface area contributed by atoms with Crippen molar-refractivity contribution in [3.8, 4) is 5.75 Å². The highest BCUT2D eigenvalue weighted by atomic mass is 127. The largest absolute Gasteiger partial charge is 0.496 e. The normalized spacial score (nSPS) is 12.0. The Balaban J connectivity index is 0.00000364. The van der Waals surface area contributed by atoms with Crippen molar-refractivity contribution in [2.75, 3.05) is 33.9 Å². The number of halogens is 1. The molecule has 2 aromatic carbocycles. The molecule has 2 N–H and O–H groups in total. The van der Waals surface area contributed by atoms with Crippen LogP contribution >= 0.6 is 24.0 Å². The van der Waals surface area contributed by atoms with Crippen LogP contribution in [0.1, 0.15) is 24.2 Å². The van der Waals surface area contributed by atoms with E-state index in [-0.39, 0.29) is 30.1 Å². The van der Waals surface area contributed by atoms with Gasteiger partial charge in [0.2, 0.25) is 0 Å². The molecule has 6 heteroatoms. The lowest BCUT2D eigenvalue weighted by atomic mass is 10.1. The number of guanidine groups is 1. The van der Waals surface area contributed by atoms with Gasteiger partial charge in [0.25, 0.3) is 0 Å². The summed E-state index contributed by atoms with van der Waals surface area (Å²) in [6.45, 7) is 4.20. The van der Waals surface area contributed by atoms with Gasteiger partial charge in [-0.2, -0.15) is 0 Å². The molecule has 2 aromatic rings. The highest BCUT2D eigenvalue weighted by Gasteiger charge is 2.10. The van der Waals surface area contributed by atoms with Gasteiger partial charge in [-0.05, 0) is 30.5 Å². The van der Waals surface area contributed by atoms with E-state index >= 15 is 0 Å². The molecule has 0 saturated carbocycles. The van der Waals surface area contributed by atoms with Gasteiger partial charge in [-0.15, -0.1) is 24.0 Å². The van der Waals surface area contributed by atoms with E-state index in [9.17, 15) is 0 Å². The SMILES string of the molecule is CCNC(=NCC(OC)c1ccccc1)NCCc1ccccc1OC.I. The highest BCUT2D eigenvalue weighted by molar-refractivity contribution is 14.0. The van der Waals surface area contributed by atoms with Crippen molar-refractivity contribution in [1.29, 1.82) is 0 Å². The average molecular weight is 483 g/mol. The first-order valence-electron chi connectivity index (χ1n) is 9.00. The summed E-state index contributed by atoms with van der Waals surface area (Å²) in [4.78, 5) is 4.67. The van der Waals surface area contributed by atoms with Gasteiger partial charge in [0.1, 0.15) is 11.9 Å². The molecule has 0 aromatic heterocycles. The van der Waals surface area contributed by atoms with Gasteiger partial charge in [0.05, 0.1) is 13.7 Å². The van der Waals surface area contributed by atoms with Gasteiger partial charge < -0.3 is 20.1 Å². The topological polar surface area (TPSA) is 54.9 Å². The van der Waals surface area contributed by atoms with E-state index in [1.54, 1.807) is 14.2 Å². The third-order valence-electron chi connectivity index (χ3n) is 4.09. The van der Waals surface area contributed by atoms with Gasteiger partial charge in [0.15, 0.2) is 5.96 Å². The predicted molar refractivity (Wildman–Crippen MR) is 122 cm³/mol. The van der Waals surface area contributed by atoms with E-state index in [1.807, 2.05) is 36.4 Å². The van der Waals surface area contributed by atoms with Crippen LogP contribution in [-0.4, -0.2) is 39.8 Å². The summed E-state index contributed by atoms with van der Waals surface area (Å²) in [6, 6.07) is 18.2. The number of nitrogens with zero attached hydrogens (tertiary/aromatic N) is 1. The van der Waals surface area contributed by atoms with Crippen molar-refractivity contribution in [3.05, 3.63) is 65.7 Å². The fraction of sp³-hybridized carbons (Fsp3) is 0.381. The summed E-state index contributed by atoms with van der Waals surface area (Å²) in [7, 11) is 3.42. The number of para-hydroxylation sites is 1. The quantitative estimate of drug-likeness (QED) is 0.324. The summed E-state index contributed by atoms with van der Waals surface area (Å²) in [5.74, 6) is 1.71. The van der Waals surface area contributed by atoms with E-state index < -0.39 is 0 Å². The monoisotopic (exact) mass is 483 g/mol. The summed E-state index contributed by atoms with van der Waals surface area (Å²) in [6.07, 6.45) is 0.807. The second-order valence-corrected chi connectivity index (χ2v) is 5.84. The van der Waals surface area contributed by atoms with Crippen molar-refractivity contribution in [2.24, 2.45) is 4.99 Å². The molecule has 0 fully saturated rings. The summed E-state index contributed by atoms with van der Waals surface area (Å²) < 4.78 is 11.0. The maximum atomic E-state index is 5.59. The molecule has 1 atom stereocenters. The zero-order valence-corrected chi connectivity index (χ0v) is 18.6. The maximum absolute atomic E-state index is 5.59. The molecule has 148 valence electrons. The van der Waals surface area contributed by atoms with Crippen molar-refractivity contribution in [3.63, 3.8) is 0 Å². The van der Waals surface area contributed by atoms with Crippen LogP contribution in [0.2, 0.25) is 0 Å². The standard InChI is InChI=1S/C21H29N3O2.HI/c1-4-22-21(23-15-14-18-12-8-9-13-19(18)25-2)24-16-20(26-3)17-10-6-5-7-11-17;/h5-13,20H,4,14-16H2,1-3H3,(H2,22,23,24);1H. The second-order valence-electron chi connectivity index (χ2n) is 5.84. The smallest absolute Gasteiger partial charge is 0.191 e. The number of hydrogen-bond donors (Lipinski definition) is 2. The molecule has 0 aliphatic carbocycles. The minimum Gasteiger partial charge on any atom is -0.496 e.